The molecule has 1 aromatic carbocycles. The lowest BCUT2D eigenvalue weighted by Crippen LogP contribution is -2.39. The molecule has 0 atom stereocenters. The van der Waals surface area contributed by atoms with Crippen LogP contribution < -0.4 is 10.1 Å². The Kier molecular flexibility index (Phi) is 7.53. The molecule has 0 unspecified atom stereocenters. The van der Waals surface area contributed by atoms with Crippen LogP contribution in [0.5, 0.6) is 5.75 Å². The molecule has 7 nitrogen and oxygen atoms in total. The van der Waals surface area contributed by atoms with E-state index in [-0.39, 0.29) is 24.1 Å². The third-order valence-electron chi connectivity index (χ3n) is 3.66. The largest absolute Gasteiger partial charge is 0.495 e. The van der Waals surface area contributed by atoms with Crippen molar-refractivity contribution in [2.75, 3.05) is 31.3 Å². The molecule has 0 bridgehead atoms. The van der Waals surface area contributed by atoms with Crippen LogP contribution in [-0.4, -0.2) is 52.2 Å². The van der Waals surface area contributed by atoms with Gasteiger partial charge in [0.15, 0.2) is 5.16 Å². The minimum Gasteiger partial charge on any atom is -0.495 e. The summed E-state index contributed by atoms with van der Waals surface area (Å²) >= 11 is 1.36. The first-order valence-electron chi connectivity index (χ1n) is 8.36. The van der Waals surface area contributed by atoms with Crippen molar-refractivity contribution in [2.24, 2.45) is 7.05 Å². The summed E-state index contributed by atoms with van der Waals surface area (Å²) in [6.07, 6.45) is 4.30. The highest BCUT2D eigenvalue weighted by Gasteiger charge is 2.18. The molecule has 1 aromatic heterocycles. The number of methoxy groups -OCH3 is 1. The molecule has 0 radical (unpaired) electrons. The van der Waals surface area contributed by atoms with E-state index in [1.807, 2.05) is 36.9 Å². The molecule has 0 aliphatic heterocycles. The van der Waals surface area contributed by atoms with Gasteiger partial charge in [0.25, 0.3) is 0 Å². The molecule has 0 spiro atoms. The first-order chi connectivity index (χ1) is 12.5. The number of ether oxygens (including phenoxy) is 1. The third kappa shape index (κ3) is 5.52. The van der Waals surface area contributed by atoms with Crippen molar-refractivity contribution >= 4 is 29.3 Å². The Labute approximate surface area is 157 Å². The van der Waals surface area contributed by atoms with E-state index in [2.05, 4.69) is 10.3 Å². The van der Waals surface area contributed by atoms with E-state index in [1.54, 1.807) is 30.3 Å². The molecular weight excluding hydrogens is 352 g/mol. The Morgan fingerprint density at radius 3 is 2.77 bits per heavy atom. The molecule has 0 saturated carbocycles. The van der Waals surface area contributed by atoms with Crippen LogP contribution >= 0.6 is 11.8 Å². The number of para-hydroxylation sites is 2. The molecule has 140 valence electrons. The number of carbonyl (C=O) groups is 2. The van der Waals surface area contributed by atoms with Crippen molar-refractivity contribution in [1.82, 2.24) is 14.5 Å². The van der Waals surface area contributed by atoms with Crippen LogP contribution in [0.3, 0.4) is 0 Å². The van der Waals surface area contributed by atoms with Gasteiger partial charge in [0, 0.05) is 26.0 Å². The summed E-state index contributed by atoms with van der Waals surface area (Å²) in [6, 6.07) is 7.18. The molecule has 2 rings (SSSR count). The van der Waals surface area contributed by atoms with Gasteiger partial charge in [-0.3, -0.25) is 9.59 Å². The number of benzene rings is 1. The Morgan fingerprint density at radius 1 is 1.35 bits per heavy atom. The Morgan fingerprint density at radius 2 is 2.12 bits per heavy atom. The average molecular weight is 376 g/mol. The van der Waals surface area contributed by atoms with Crippen LogP contribution in [-0.2, 0) is 16.6 Å². The predicted molar refractivity (Wildman–Crippen MR) is 102 cm³/mol. The minimum absolute atomic E-state index is 0.00580. The van der Waals surface area contributed by atoms with Gasteiger partial charge in [-0.15, -0.1) is 0 Å². The van der Waals surface area contributed by atoms with Crippen molar-refractivity contribution in [1.29, 1.82) is 0 Å². The molecule has 8 heteroatoms. The number of aryl methyl sites for hydroxylation is 1. The summed E-state index contributed by atoms with van der Waals surface area (Å²) in [6.45, 7) is 2.51. The van der Waals surface area contributed by atoms with E-state index in [4.69, 9.17) is 4.74 Å². The molecule has 2 amide bonds. The zero-order chi connectivity index (χ0) is 18.9. The van der Waals surface area contributed by atoms with E-state index in [0.29, 0.717) is 18.0 Å². The number of imidazole rings is 1. The van der Waals surface area contributed by atoms with Gasteiger partial charge in [-0.1, -0.05) is 30.8 Å². The zero-order valence-corrected chi connectivity index (χ0v) is 16.1. The van der Waals surface area contributed by atoms with Gasteiger partial charge in [0.05, 0.1) is 25.1 Å². The number of nitrogens with zero attached hydrogens (tertiary/aromatic N) is 3. The fraction of sp³-hybridized carbons (Fsp3) is 0.389. The molecule has 0 fully saturated rings. The highest BCUT2D eigenvalue weighted by atomic mass is 32.2. The van der Waals surface area contributed by atoms with Crippen LogP contribution in [0.25, 0.3) is 0 Å². The van der Waals surface area contributed by atoms with Gasteiger partial charge in [-0.05, 0) is 18.6 Å². The van der Waals surface area contributed by atoms with Crippen LogP contribution in [0.2, 0.25) is 0 Å². The fourth-order valence-corrected chi connectivity index (χ4v) is 3.22. The van der Waals surface area contributed by atoms with Crippen LogP contribution in [0.1, 0.15) is 13.3 Å². The first-order valence-corrected chi connectivity index (χ1v) is 9.34. The number of thioether (sulfide) groups is 1. The number of nitrogens with one attached hydrogen (secondary N) is 1. The number of aromatic nitrogens is 2. The molecule has 0 aliphatic carbocycles. The number of anilines is 1. The van der Waals surface area contributed by atoms with Crippen molar-refractivity contribution in [2.45, 2.75) is 18.5 Å². The smallest absolute Gasteiger partial charge is 0.244 e. The van der Waals surface area contributed by atoms with Gasteiger partial charge in [-0.25, -0.2) is 4.98 Å². The van der Waals surface area contributed by atoms with Gasteiger partial charge in [0.1, 0.15) is 5.75 Å². The van der Waals surface area contributed by atoms with Gasteiger partial charge in [0.2, 0.25) is 11.8 Å². The second-order valence-electron chi connectivity index (χ2n) is 5.67. The number of amides is 2. The Hall–Kier alpha value is -2.48. The van der Waals surface area contributed by atoms with E-state index in [1.165, 1.54) is 11.8 Å². The maximum absolute atomic E-state index is 12.5. The standard InChI is InChI=1S/C18H24N4O3S/c1-4-10-22(17(24)13-26-18-19-9-11-21(18)2)12-16(23)20-14-7-5-6-8-15(14)25-3/h5-9,11H,4,10,12-13H2,1-3H3,(H,20,23). The van der Waals surface area contributed by atoms with E-state index >= 15 is 0 Å². The highest BCUT2D eigenvalue weighted by molar-refractivity contribution is 7.99. The van der Waals surface area contributed by atoms with Crippen LogP contribution in [0.4, 0.5) is 5.69 Å². The number of carbonyl (C=O) groups excluding carboxylic acids is 2. The Bertz CT molecular complexity index is 748. The third-order valence-corrected chi connectivity index (χ3v) is 4.71. The van der Waals surface area contributed by atoms with Gasteiger partial charge >= 0.3 is 0 Å². The van der Waals surface area contributed by atoms with E-state index in [9.17, 15) is 9.59 Å². The first kappa shape index (κ1) is 19.8. The maximum atomic E-state index is 12.5. The van der Waals surface area contributed by atoms with Gasteiger partial charge in [-0.2, -0.15) is 0 Å². The molecule has 26 heavy (non-hydrogen) atoms. The SMILES string of the molecule is CCCN(CC(=O)Nc1ccccc1OC)C(=O)CSc1nccn1C. The van der Waals surface area contributed by atoms with Gasteiger partial charge < -0.3 is 19.5 Å². The second-order valence-corrected chi connectivity index (χ2v) is 6.62. The van der Waals surface area contributed by atoms with Crippen molar-refractivity contribution < 1.29 is 14.3 Å². The summed E-state index contributed by atoms with van der Waals surface area (Å²) in [5, 5.41) is 3.57. The molecule has 1 N–H and O–H groups in total. The quantitative estimate of drug-likeness (QED) is 0.680. The summed E-state index contributed by atoms with van der Waals surface area (Å²) in [7, 11) is 3.43. The topological polar surface area (TPSA) is 76.5 Å². The predicted octanol–water partition coefficient (Wildman–Crippen LogP) is 2.40. The molecule has 0 saturated heterocycles. The van der Waals surface area contributed by atoms with Crippen LogP contribution in [0, 0.1) is 0 Å². The minimum atomic E-state index is -0.252. The van der Waals surface area contributed by atoms with E-state index in [0.717, 1.165) is 11.6 Å². The van der Waals surface area contributed by atoms with Crippen LogP contribution in [0.15, 0.2) is 41.8 Å². The number of rotatable bonds is 9. The summed E-state index contributed by atoms with van der Waals surface area (Å²) in [4.78, 5) is 30.6. The maximum Gasteiger partial charge on any atom is 0.244 e. The molecule has 2 aromatic rings. The monoisotopic (exact) mass is 376 g/mol. The van der Waals surface area contributed by atoms with Crippen molar-refractivity contribution in [3.63, 3.8) is 0 Å². The number of hydrogen-bond acceptors (Lipinski definition) is 5. The molecular formula is C18H24N4O3S. The average Bonchev–Trinajstić information content (AvgIpc) is 3.04. The summed E-state index contributed by atoms with van der Waals surface area (Å²) < 4.78 is 7.09. The lowest BCUT2D eigenvalue weighted by molar-refractivity contribution is -0.132. The second kappa shape index (κ2) is 9.86. The van der Waals surface area contributed by atoms with Crippen molar-refractivity contribution in [3.05, 3.63) is 36.7 Å². The lowest BCUT2D eigenvalue weighted by atomic mass is 10.3. The zero-order valence-electron chi connectivity index (χ0n) is 15.3. The number of hydrogen-bond donors (Lipinski definition) is 1. The highest BCUT2D eigenvalue weighted by Crippen LogP contribution is 2.23. The normalized spacial score (nSPS) is 10.4. The molecule has 0 aliphatic rings. The Balaban J connectivity index is 1.94. The van der Waals surface area contributed by atoms with E-state index < -0.39 is 0 Å². The summed E-state index contributed by atoms with van der Waals surface area (Å²) in [5.41, 5.74) is 0.589. The molecule has 1 heterocycles. The van der Waals surface area contributed by atoms with Crippen molar-refractivity contribution in [3.8, 4) is 5.75 Å². The lowest BCUT2D eigenvalue weighted by Gasteiger charge is -2.21. The summed E-state index contributed by atoms with van der Waals surface area (Å²) in [5.74, 6) is 0.486. The fourth-order valence-electron chi connectivity index (χ4n) is 2.38.